The van der Waals surface area contributed by atoms with Gasteiger partial charge in [-0.05, 0) is 74.4 Å². The lowest BCUT2D eigenvalue weighted by Gasteiger charge is -2.31. The van der Waals surface area contributed by atoms with Crippen molar-refractivity contribution >= 4 is 36.7 Å². The highest BCUT2D eigenvalue weighted by Gasteiger charge is 2.24. The second-order valence-corrected chi connectivity index (χ2v) is 10.7. The minimum absolute atomic E-state index is 0.349. The van der Waals surface area contributed by atoms with Crippen LogP contribution in [0.5, 0.6) is 0 Å². The van der Waals surface area contributed by atoms with Crippen LogP contribution < -0.4 is 9.62 Å². The van der Waals surface area contributed by atoms with Crippen LogP contribution in [0.2, 0.25) is 0 Å². The number of aryl methyl sites for hydroxylation is 3. The third-order valence-corrected chi connectivity index (χ3v) is 8.47. The first-order chi connectivity index (χ1) is 13.8. The quantitative estimate of drug-likeness (QED) is 0.652. The zero-order valence-corrected chi connectivity index (χ0v) is 18.7. The molecule has 3 aromatic rings. The summed E-state index contributed by atoms with van der Waals surface area (Å²) >= 11 is 1.73. The molecule has 0 bridgehead atoms. The van der Waals surface area contributed by atoms with Crippen LogP contribution in [0.1, 0.15) is 29.5 Å². The molecule has 1 aromatic heterocycles. The molecule has 29 heavy (non-hydrogen) atoms. The molecule has 7 heteroatoms. The number of sulfonamides is 1. The van der Waals surface area contributed by atoms with E-state index in [1.165, 1.54) is 4.70 Å². The Bertz CT molecular complexity index is 1100. The molecular formula is C22H27N3O2S2. The van der Waals surface area contributed by atoms with Crippen molar-refractivity contribution in [1.82, 2.24) is 9.71 Å². The number of benzene rings is 2. The maximum Gasteiger partial charge on any atom is 0.240 e. The molecule has 5 nitrogen and oxygen atoms in total. The van der Waals surface area contributed by atoms with Crippen molar-refractivity contribution in [2.75, 3.05) is 24.5 Å². The third-order valence-electron chi connectivity index (χ3n) is 5.81. The fraction of sp³-hybridized carbons (Fsp3) is 0.409. The molecule has 0 aliphatic carbocycles. The third kappa shape index (κ3) is 4.32. The predicted octanol–water partition coefficient (Wildman–Crippen LogP) is 4.42. The zero-order valence-electron chi connectivity index (χ0n) is 17.1. The molecule has 0 spiro atoms. The number of nitrogens with zero attached hydrogens (tertiary/aromatic N) is 2. The Morgan fingerprint density at radius 2 is 1.76 bits per heavy atom. The first-order valence-corrected chi connectivity index (χ1v) is 12.3. The molecular weight excluding hydrogens is 402 g/mol. The first kappa shape index (κ1) is 20.3. The van der Waals surface area contributed by atoms with Crippen LogP contribution in [0.4, 0.5) is 5.13 Å². The van der Waals surface area contributed by atoms with Gasteiger partial charge in [0.25, 0.3) is 0 Å². The van der Waals surface area contributed by atoms with Crippen molar-refractivity contribution in [3.63, 3.8) is 0 Å². The highest BCUT2D eigenvalue weighted by Crippen LogP contribution is 2.31. The molecule has 0 atom stereocenters. The highest BCUT2D eigenvalue weighted by molar-refractivity contribution is 7.89. The van der Waals surface area contributed by atoms with Crippen LogP contribution in [0.3, 0.4) is 0 Å². The molecule has 2 aromatic carbocycles. The Labute approximate surface area is 176 Å². The van der Waals surface area contributed by atoms with E-state index in [9.17, 15) is 8.42 Å². The van der Waals surface area contributed by atoms with E-state index in [0.717, 1.165) is 53.3 Å². The van der Waals surface area contributed by atoms with Crippen molar-refractivity contribution in [3.05, 3.63) is 53.1 Å². The molecule has 0 radical (unpaired) electrons. The lowest BCUT2D eigenvalue weighted by Crippen LogP contribution is -2.38. The molecule has 0 saturated carbocycles. The maximum atomic E-state index is 12.8. The van der Waals surface area contributed by atoms with Crippen molar-refractivity contribution in [2.24, 2.45) is 5.92 Å². The number of anilines is 1. The molecule has 0 amide bonds. The lowest BCUT2D eigenvalue weighted by molar-refractivity contribution is 0.402. The summed E-state index contributed by atoms with van der Waals surface area (Å²) in [5.74, 6) is 0.349. The SMILES string of the molecule is Cc1cc(C)c(S(=O)(=O)NCC2CCN(c3nc4ccccc4s3)CC2)cc1C. The number of rotatable bonds is 5. The average molecular weight is 430 g/mol. The van der Waals surface area contributed by atoms with Gasteiger partial charge >= 0.3 is 0 Å². The predicted molar refractivity (Wildman–Crippen MR) is 120 cm³/mol. The van der Waals surface area contributed by atoms with Crippen LogP contribution in [0.25, 0.3) is 10.2 Å². The number of thiazole rings is 1. The molecule has 1 N–H and O–H groups in total. The monoisotopic (exact) mass is 429 g/mol. The van der Waals surface area contributed by atoms with Crippen molar-refractivity contribution in [2.45, 2.75) is 38.5 Å². The summed E-state index contributed by atoms with van der Waals surface area (Å²) in [6.45, 7) is 8.13. The second kappa shape index (κ2) is 8.05. The Morgan fingerprint density at radius 3 is 2.48 bits per heavy atom. The van der Waals surface area contributed by atoms with E-state index in [2.05, 4.69) is 15.7 Å². The Morgan fingerprint density at radius 1 is 1.07 bits per heavy atom. The standard InChI is InChI=1S/C22H27N3O2S2/c1-15-12-17(3)21(13-16(15)2)29(26,27)23-14-18-8-10-25(11-9-18)22-24-19-6-4-5-7-20(19)28-22/h4-7,12-13,18,23H,8-11,14H2,1-3H3. The second-order valence-electron chi connectivity index (χ2n) is 7.95. The van der Waals surface area contributed by atoms with Gasteiger partial charge < -0.3 is 4.90 Å². The largest absolute Gasteiger partial charge is 0.348 e. The first-order valence-electron chi connectivity index (χ1n) is 10.0. The average Bonchev–Trinajstić information content (AvgIpc) is 3.14. The molecule has 4 rings (SSSR count). The van der Waals surface area contributed by atoms with Crippen LogP contribution >= 0.6 is 11.3 Å². The number of piperidine rings is 1. The molecule has 1 saturated heterocycles. The fourth-order valence-corrected chi connectivity index (χ4v) is 6.30. The summed E-state index contributed by atoms with van der Waals surface area (Å²) in [5, 5.41) is 1.07. The van der Waals surface area contributed by atoms with Crippen molar-refractivity contribution in [3.8, 4) is 0 Å². The molecule has 1 aliphatic rings. The van der Waals surface area contributed by atoms with Gasteiger partial charge in [-0.2, -0.15) is 0 Å². The number of para-hydroxylation sites is 1. The number of nitrogens with one attached hydrogen (secondary N) is 1. The van der Waals surface area contributed by atoms with Crippen LogP contribution in [0.15, 0.2) is 41.3 Å². The van der Waals surface area contributed by atoms with E-state index in [-0.39, 0.29) is 0 Å². The zero-order chi connectivity index (χ0) is 20.6. The normalized spacial score (nSPS) is 15.9. The van der Waals surface area contributed by atoms with Gasteiger partial charge in [-0.15, -0.1) is 0 Å². The Kier molecular flexibility index (Phi) is 5.64. The molecule has 2 heterocycles. The Balaban J connectivity index is 1.37. The molecule has 1 aliphatic heterocycles. The minimum atomic E-state index is -3.49. The van der Waals surface area contributed by atoms with Gasteiger partial charge in [0.05, 0.1) is 15.1 Å². The number of fused-ring (bicyclic) bond motifs is 1. The summed E-state index contributed by atoms with van der Waals surface area (Å²) in [5.41, 5.74) is 3.96. The minimum Gasteiger partial charge on any atom is -0.348 e. The fourth-order valence-electron chi connectivity index (χ4n) is 3.85. The lowest BCUT2D eigenvalue weighted by atomic mass is 9.97. The van der Waals surface area contributed by atoms with E-state index < -0.39 is 10.0 Å². The number of hydrogen-bond donors (Lipinski definition) is 1. The topological polar surface area (TPSA) is 62.3 Å². The summed E-state index contributed by atoms with van der Waals surface area (Å²) in [7, 11) is -3.49. The van der Waals surface area contributed by atoms with Crippen molar-refractivity contribution < 1.29 is 8.42 Å². The Hall–Kier alpha value is -1.96. The van der Waals surface area contributed by atoms with Crippen LogP contribution in [-0.4, -0.2) is 33.0 Å². The van der Waals surface area contributed by atoms with Gasteiger partial charge in [-0.25, -0.2) is 18.1 Å². The molecule has 154 valence electrons. The van der Waals surface area contributed by atoms with E-state index in [0.29, 0.717) is 17.4 Å². The summed E-state index contributed by atoms with van der Waals surface area (Å²) in [6.07, 6.45) is 1.93. The summed E-state index contributed by atoms with van der Waals surface area (Å²) < 4.78 is 29.7. The summed E-state index contributed by atoms with van der Waals surface area (Å²) in [4.78, 5) is 7.46. The smallest absolute Gasteiger partial charge is 0.240 e. The van der Waals surface area contributed by atoms with Crippen LogP contribution in [-0.2, 0) is 10.0 Å². The van der Waals surface area contributed by atoms with E-state index in [1.807, 2.05) is 45.0 Å². The van der Waals surface area contributed by atoms with E-state index in [4.69, 9.17) is 4.98 Å². The van der Waals surface area contributed by atoms with Crippen LogP contribution in [0, 0.1) is 26.7 Å². The van der Waals surface area contributed by atoms with Gasteiger partial charge in [-0.3, -0.25) is 0 Å². The van der Waals surface area contributed by atoms with Crippen molar-refractivity contribution in [1.29, 1.82) is 0 Å². The van der Waals surface area contributed by atoms with E-state index >= 15 is 0 Å². The van der Waals surface area contributed by atoms with Gasteiger partial charge in [-0.1, -0.05) is 29.5 Å². The highest BCUT2D eigenvalue weighted by atomic mass is 32.2. The molecule has 0 unspecified atom stereocenters. The van der Waals surface area contributed by atoms with E-state index in [1.54, 1.807) is 17.4 Å². The maximum absolute atomic E-state index is 12.8. The van der Waals surface area contributed by atoms with Gasteiger partial charge in [0.2, 0.25) is 10.0 Å². The summed E-state index contributed by atoms with van der Waals surface area (Å²) in [6, 6.07) is 11.9. The van der Waals surface area contributed by atoms with Gasteiger partial charge in [0, 0.05) is 19.6 Å². The number of hydrogen-bond acceptors (Lipinski definition) is 5. The number of aromatic nitrogens is 1. The molecule has 1 fully saturated rings. The van der Waals surface area contributed by atoms with Gasteiger partial charge in [0.15, 0.2) is 5.13 Å². The van der Waals surface area contributed by atoms with Gasteiger partial charge in [0.1, 0.15) is 0 Å².